The maximum Gasteiger partial charge on any atom is 0.422 e. The molecule has 0 bridgehead atoms. The van der Waals surface area contributed by atoms with Crippen LogP contribution in [0.25, 0.3) is 0 Å². The molecule has 84 valence electrons. The number of carboxylic acid groups (broad SMARTS) is 1. The lowest BCUT2D eigenvalue weighted by Crippen LogP contribution is -2.61. The first kappa shape index (κ1) is 13.3. The third kappa shape index (κ3) is 2.87. The number of hydrogen-bond donors (Lipinski definition) is 2. The first-order chi connectivity index (χ1) is 6.65. The van der Waals surface area contributed by atoms with E-state index >= 15 is 0 Å². The minimum absolute atomic E-state index is 0.352. The molecule has 2 N–H and O–H groups in total. The summed E-state index contributed by atoms with van der Waals surface area (Å²) in [5, 5.41) is 9.70. The van der Waals surface area contributed by atoms with E-state index in [-0.39, 0.29) is 0 Å². The van der Waals surface area contributed by atoms with Gasteiger partial charge in [0.05, 0.1) is 0 Å². The van der Waals surface area contributed by atoms with E-state index in [1.54, 1.807) is 5.92 Å². The molecule has 0 aliphatic heterocycles. The van der Waals surface area contributed by atoms with Crippen LogP contribution in [0.1, 0.15) is 13.8 Å². The SMILES string of the molecule is CC#CC(=O)NC(C)(C(=O)O)C(F)(F)F. The van der Waals surface area contributed by atoms with Crippen molar-refractivity contribution in [1.29, 1.82) is 0 Å². The molecule has 0 heterocycles. The number of amides is 1. The minimum atomic E-state index is -5.09. The summed E-state index contributed by atoms with van der Waals surface area (Å²) in [7, 11) is 0. The van der Waals surface area contributed by atoms with Crippen molar-refractivity contribution in [2.24, 2.45) is 0 Å². The first-order valence-electron chi connectivity index (χ1n) is 3.70. The largest absolute Gasteiger partial charge is 0.479 e. The molecule has 1 atom stereocenters. The third-order valence-corrected chi connectivity index (χ3v) is 1.60. The van der Waals surface area contributed by atoms with Gasteiger partial charge in [-0.15, -0.1) is 0 Å². The third-order valence-electron chi connectivity index (χ3n) is 1.60. The van der Waals surface area contributed by atoms with Crippen molar-refractivity contribution in [2.45, 2.75) is 25.6 Å². The Morgan fingerprint density at radius 3 is 2.07 bits per heavy atom. The molecule has 7 heteroatoms. The number of aliphatic carboxylic acids is 1. The molecule has 0 radical (unpaired) electrons. The van der Waals surface area contributed by atoms with Gasteiger partial charge in [-0.2, -0.15) is 13.2 Å². The molecule has 0 aromatic carbocycles. The number of hydrogen-bond acceptors (Lipinski definition) is 2. The zero-order valence-corrected chi connectivity index (χ0v) is 7.90. The monoisotopic (exact) mass is 223 g/mol. The number of carbonyl (C=O) groups is 2. The summed E-state index contributed by atoms with van der Waals surface area (Å²) in [6.07, 6.45) is -5.09. The van der Waals surface area contributed by atoms with Crippen LogP contribution in [0.15, 0.2) is 0 Å². The molecule has 0 rings (SSSR count). The Morgan fingerprint density at radius 2 is 1.80 bits per heavy atom. The molecule has 4 nitrogen and oxygen atoms in total. The zero-order chi connectivity index (χ0) is 12.3. The van der Waals surface area contributed by atoms with Gasteiger partial charge in [0, 0.05) is 0 Å². The van der Waals surface area contributed by atoms with Crippen LogP contribution in [0.3, 0.4) is 0 Å². The van der Waals surface area contributed by atoms with Crippen molar-refractivity contribution in [1.82, 2.24) is 5.32 Å². The number of alkyl halides is 3. The second-order valence-corrected chi connectivity index (χ2v) is 2.76. The van der Waals surface area contributed by atoms with Gasteiger partial charge < -0.3 is 10.4 Å². The summed E-state index contributed by atoms with van der Waals surface area (Å²) in [5.41, 5.74) is -3.33. The summed E-state index contributed by atoms with van der Waals surface area (Å²) in [6, 6.07) is 0. The quantitative estimate of drug-likeness (QED) is 0.671. The summed E-state index contributed by atoms with van der Waals surface area (Å²) >= 11 is 0. The molecule has 0 aliphatic rings. The number of nitrogens with one attached hydrogen (secondary N) is 1. The van der Waals surface area contributed by atoms with Gasteiger partial charge in [0.2, 0.25) is 5.54 Å². The van der Waals surface area contributed by atoms with E-state index < -0.39 is 23.6 Å². The average Bonchev–Trinajstić information content (AvgIpc) is 2.01. The van der Waals surface area contributed by atoms with Gasteiger partial charge in [0.25, 0.3) is 5.91 Å². The Hall–Kier alpha value is -1.71. The van der Waals surface area contributed by atoms with E-state index in [2.05, 4.69) is 5.92 Å². The maximum absolute atomic E-state index is 12.3. The normalized spacial score (nSPS) is 14.5. The second kappa shape index (κ2) is 4.21. The molecule has 1 amide bonds. The van der Waals surface area contributed by atoms with Gasteiger partial charge in [-0.1, -0.05) is 5.92 Å². The average molecular weight is 223 g/mol. The van der Waals surface area contributed by atoms with E-state index in [0.717, 1.165) is 0 Å². The van der Waals surface area contributed by atoms with E-state index in [1.807, 2.05) is 0 Å². The first-order valence-corrected chi connectivity index (χ1v) is 3.70. The highest BCUT2D eigenvalue weighted by Gasteiger charge is 2.58. The van der Waals surface area contributed by atoms with Crippen molar-refractivity contribution in [2.75, 3.05) is 0 Å². The molecular weight excluding hydrogens is 215 g/mol. The van der Waals surface area contributed by atoms with Crippen molar-refractivity contribution >= 4 is 11.9 Å². The van der Waals surface area contributed by atoms with Crippen LogP contribution in [-0.2, 0) is 9.59 Å². The zero-order valence-electron chi connectivity index (χ0n) is 7.90. The van der Waals surface area contributed by atoms with Crippen molar-refractivity contribution in [3.63, 3.8) is 0 Å². The Labute approximate surface area is 83.5 Å². The minimum Gasteiger partial charge on any atom is -0.479 e. The van der Waals surface area contributed by atoms with Crippen LogP contribution in [0, 0.1) is 11.8 Å². The van der Waals surface area contributed by atoms with E-state index in [1.165, 1.54) is 12.2 Å². The van der Waals surface area contributed by atoms with E-state index in [0.29, 0.717) is 6.92 Å². The maximum atomic E-state index is 12.3. The summed E-state index contributed by atoms with van der Waals surface area (Å²) in [4.78, 5) is 21.2. The predicted molar refractivity (Wildman–Crippen MR) is 43.7 cm³/mol. The molecule has 1 unspecified atom stereocenters. The molecule has 0 saturated carbocycles. The van der Waals surface area contributed by atoms with Crippen LogP contribution in [0.4, 0.5) is 13.2 Å². The Morgan fingerprint density at radius 1 is 1.33 bits per heavy atom. The number of halogens is 3. The van der Waals surface area contributed by atoms with Crippen LogP contribution in [0.2, 0.25) is 0 Å². The molecule has 15 heavy (non-hydrogen) atoms. The highest BCUT2D eigenvalue weighted by molar-refractivity contribution is 5.97. The Bertz CT molecular complexity index is 339. The number of rotatable bonds is 2. The van der Waals surface area contributed by atoms with Gasteiger partial charge in [-0.05, 0) is 19.8 Å². The van der Waals surface area contributed by atoms with Crippen LogP contribution >= 0.6 is 0 Å². The lowest BCUT2D eigenvalue weighted by atomic mass is 10.0. The van der Waals surface area contributed by atoms with Gasteiger partial charge in [-0.3, -0.25) is 4.79 Å². The highest BCUT2D eigenvalue weighted by Crippen LogP contribution is 2.30. The smallest absolute Gasteiger partial charge is 0.422 e. The van der Waals surface area contributed by atoms with Crippen LogP contribution in [0.5, 0.6) is 0 Å². The molecule has 0 fully saturated rings. The van der Waals surface area contributed by atoms with E-state index in [4.69, 9.17) is 5.11 Å². The predicted octanol–water partition coefficient (Wildman–Crippen LogP) is 0.531. The molecule has 0 aromatic rings. The molecule has 0 aromatic heterocycles. The fraction of sp³-hybridized carbons (Fsp3) is 0.500. The summed E-state index contributed by atoms with van der Waals surface area (Å²) in [6.45, 7) is 1.59. The molecule has 0 saturated heterocycles. The van der Waals surface area contributed by atoms with Crippen LogP contribution < -0.4 is 5.32 Å². The Balaban J connectivity index is 5.06. The summed E-state index contributed by atoms with van der Waals surface area (Å²) < 4.78 is 36.9. The lowest BCUT2D eigenvalue weighted by Gasteiger charge is -2.27. The van der Waals surface area contributed by atoms with Crippen molar-refractivity contribution in [3.05, 3.63) is 0 Å². The molecule has 0 spiro atoms. The highest BCUT2D eigenvalue weighted by atomic mass is 19.4. The standard InChI is InChI=1S/C8H8F3NO3/c1-3-4-5(13)12-7(2,6(14)15)8(9,10)11/h1-2H3,(H,12,13)(H,14,15). The van der Waals surface area contributed by atoms with Crippen LogP contribution in [-0.4, -0.2) is 28.7 Å². The van der Waals surface area contributed by atoms with E-state index in [9.17, 15) is 22.8 Å². The van der Waals surface area contributed by atoms with Gasteiger partial charge in [0.15, 0.2) is 0 Å². The number of carbonyl (C=O) groups excluding carboxylic acids is 1. The van der Waals surface area contributed by atoms with Gasteiger partial charge >= 0.3 is 12.1 Å². The molecule has 0 aliphatic carbocycles. The fourth-order valence-electron chi connectivity index (χ4n) is 0.617. The lowest BCUT2D eigenvalue weighted by molar-refractivity contribution is -0.206. The molecular formula is C8H8F3NO3. The van der Waals surface area contributed by atoms with Gasteiger partial charge in [0.1, 0.15) is 0 Å². The van der Waals surface area contributed by atoms with Crippen molar-refractivity contribution in [3.8, 4) is 11.8 Å². The topological polar surface area (TPSA) is 66.4 Å². The number of carboxylic acids is 1. The summed E-state index contributed by atoms with van der Waals surface area (Å²) in [5.74, 6) is 0.338. The second-order valence-electron chi connectivity index (χ2n) is 2.76. The Kier molecular flexibility index (Phi) is 3.73. The fourth-order valence-corrected chi connectivity index (χ4v) is 0.617. The van der Waals surface area contributed by atoms with Gasteiger partial charge in [-0.25, -0.2) is 4.79 Å². The van der Waals surface area contributed by atoms with Crippen molar-refractivity contribution < 1.29 is 27.9 Å².